The van der Waals surface area contributed by atoms with Crippen molar-refractivity contribution < 1.29 is 9.90 Å². The predicted molar refractivity (Wildman–Crippen MR) is 78.2 cm³/mol. The van der Waals surface area contributed by atoms with Gasteiger partial charge in [0, 0.05) is 19.3 Å². The zero-order valence-electron chi connectivity index (χ0n) is 12.2. The monoisotopic (exact) mass is 264 g/mol. The van der Waals surface area contributed by atoms with Crippen LogP contribution in [0.25, 0.3) is 0 Å². The topological polar surface area (TPSA) is 52.6 Å². The number of hydrogen-bond acceptors (Lipinski definition) is 2. The summed E-state index contributed by atoms with van der Waals surface area (Å²) >= 11 is 0. The summed E-state index contributed by atoms with van der Waals surface area (Å²) < 4.78 is 0. The third-order valence-corrected chi connectivity index (χ3v) is 3.01. The molecule has 0 aliphatic rings. The van der Waals surface area contributed by atoms with Crippen LogP contribution in [0.15, 0.2) is 24.3 Å². The SMILES string of the molecule is CC(C)CCN(C)C(=O)Nc1cccc(C(C)O)c1. The molecule has 2 N–H and O–H groups in total. The molecule has 4 heteroatoms. The standard InChI is InChI=1S/C15H24N2O2/c1-11(2)8-9-17(4)15(19)16-14-7-5-6-13(10-14)12(3)18/h5-7,10-12,18H,8-9H2,1-4H3,(H,16,19). The van der Waals surface area contributed by atoms with Gasteiger partial charge in [-0.05, 0) is 37.0 Å². The predicted octanol–water partition coefficient (Wildman–Crippen LogP) is 3.25. The van der Waals surface area contributed by atoms with Gasteiger partial charge in [-0.15, -0.1) is 0 Å². The van der Waals surface area contributed by atoms with Gasteiger partial charge in [0.25, 0.3) is 0 Å². The van der Waals surface area contributed by atoms with Crippen molar-refractivity contribution in [2.75, 3.05) is 18.9 Å². The molecule has 1 aromatic carbocycles. The number of aliphatic hydroxyl groups is 1. The lowest BCUT2D eigenvalue weighted by Gasteiger charge is -2.19. The van der Waals surface area contributed by atoms with E-state index < -0.39 is 6.10 Å². The number of rotatable bonds is 5. The van der Waals surface area contributed by atoms with E-state index in [2.05, 4.69) is 19.2 Å². The van der Waals surface area contributed by atoms with Crippen molar-refractivity contribution in [2.45, 2.75) is 33.3 Å². The highest BCUT2D eigenvalue weighted by molar-refractivity contribution is 5.89. The Hall–Kier alpha value is -1.55. The molecule has 0 spiro atoms. The average Bonchev–Trinajstić information content (AvgIpc) is 2.36. The fraction of sp³-hybridized carbons (Fsp3) is 0.533. The van der Waals surface area contributed by atoms with Crippen LogP contribution in [-0.4, -0.2) is 29.6 Å². The van der Waals surface area contributed by atoms with Crippen molar-refractivity contribution in [2.24, 2.45) is 5.92 Å². The number of amides is 2. The quantitative estimate of drug-likeness (QED) is 0.857. The van der Waals surface area contributed by atoms with Gasteiger partial charge >= 0.3 is 6.03 Å². The van der Waals surface area contributed by atoms with Gasteiger partial charge in [-0.1, -0.05) is 26.0 Å². The van der Waals surface area contributed by atoms with E-state index in [4.69, 9.17) is 0 Å². The molecular weight excluding hydrogens is 240 g/mol. The van der Waals surface area contributed by atoms with Gasteiger partial charge < -0.3 is 15.3 Å². The number of carbonyl (C=O) groups excluding carboxylic acids is 1. The fourth-order valence-corrected chi connectivity index (χ4v) is 1.65. The number of hydrogen-bond donors (Lipinski definition) is 2. The molecule has 0 heterocycles. The molecule has 2 amide bonds. The first-order valence-corrected chi connectivity index (χ1v) is 6.70. The number of aliphatic hydroxyl groups excluding tert-OH is 1. The minimum Gasteiger partial charge on any atom is -0.389 e. The molecule has 106 valence electrons. The minimum atomic E-state index is -0.532. The maximum absolute atomic E-state index is 12.0. The maximum Gasteiger partial charge on any atom is 0.321 e. The van der Waals surface area contributed by atoms with Crippen LogP contribution in [0.2, 0.25) is 0 Å². The Balaban J connectivity index is 2.58. The van der Waals surface area contributed by atoms with Crippen LogP contribution >= 0.6 is 0 Å². The van der Waals surface area contributed by atoms with Crippen LogP contribution < -0.4 is 5.32 Å². The summed E-state index contributed by atoms with van der Waals surface area (Å²) in [6, 6.07) is 7.15. The first kappa shape index (κ1) is 15.5. The number of nitrogens with zero attached hydrogens (tertiary/aromatic N) is 1. The lowest BCUT2D eigenvalue weighted by Crippen LogP contribution is -2.32. The van der Waals surface area contributed by atoms with Crippen LogP contribution in [0.4, 0.5) is 10.5 Å². The highest BCUT2D eigenvalue weighted by Gasteiger charge is 2.10. The third-order valence-electron chi connectivity index (χ3n) is 3.01. The molecule has 4 nitrogen and oxygen atoms in total. The van der Waals surface area contributed by atoms with Gasteiger partial charge in [0.2, 0.25) is 0 Å². The van der Waals surface area contributed by atoms with Crippen LogP contribution in [0.5, 0.6) is 0 Å². The maximum atomic E-state index is 12.0. The molecule has 0 aromatic heterocycles. The molecule has 0 saturated heterocycles. The lowest BCUT2D eigenvalue weighted by atomic mass is 10.1. The summed E-state index contributed by atoms with van der Waals surface area (Å²) in [5.41, 5.74) is 1.50. The highest BCUT2D eigenvalue weighted by Crippen LogP contribution is 2.17. The van der Waals surface area contributed by atoms with E-state index in [1.54, 1.807) is 24.9 Å². The third kappa shape index (κ3) is 5.30. The van der Waals surface area contributed by atoms with Crippen molar-refractivity contribution in [3.8, 4) is 0 Å². The Morgan fingerprint density at radius 2 is 2.05 bits per heavy atom. The first-order chi connectivity index (χ1) is 8.90. The van der Waals surface area contributed by atoms with E-state index in [1.807, 2.05) is 18.2 Å². The van der Waals surface area contributed by atoms with Crippen molar-refractivity contribution in [1.82, 2.24) is 4.90 Å². The normalized spacial score (nSPS) is 12.3. The number of carbonyl (C=O) groups is 1. The number of anilines is 1. The molecule has 19 heavy (non-hydrogen) atoms. The first-order valence-electron chi connectivity index (χ1n) is 6.70. The van der Waals surface area contributed by atoms with E-state index in [0.717, 1.165) is 18.5 Å². The Morgan fingerprint density at radius 1 is 1.37 bits per heavy atom. The smallest absolute Gasteiger partial charge is 0.321 e. The van der Waals surface area contributed by atoms with Crippen LogP contribution in [0.3, 0.4) is 0 Å². The second-order valence-electron chi connectivity index (χ2n) is 5.34. The van der Waals surface area contributed by atoms with Gasteiger partial charge in [-0.3, -0.25) is 0 Å². The Labute approximate surface area is 115 Å². The molecule has 0 fully saturated rings. The van der Waals surface area contributed by atoms with Crippen LogP contribution in [-0.2, 0) is 0 Å². The van der Waals surface area contributed by atoms with E-state index >= 15 is 0 Å². The molecule has 1 rings (SSSR count). The summed E-state index contributed by atoms with van der Waals surface area (Å²) in [5, 5.41) is 12.4. The summed E-state index contributed by atoms with van der Waals surface area (Å²) in [6.07, 6.45) is 0.452. The Bertz CT molecular complexity index is 416. The summed E-state index contributed by atoms with van der Waals surface area (Å²) in [7, 11) is 1.79. The zero-order valence-corrected chi connectivity index (χ0v) is 12.2. The van der Waals surface area contributed by atoms with E-state index in [0.29, 0.717) is 11.6 Å². The second kappa shape index (κ2) is 7.14. The molecule has 0 bridgehead atoms. The fourth-order valence-electron chi connectivity index (χ4n) is 1.65. The Morgan fingerprint density at radius 3 is 2.63 bits per heavy atom. The van der Waals surface area contributed by atoms with Crippen LogP contribution in [0, 0.1) is 5.92 Å². The second-order valence-corrected chi connectivity index (χ2v) is 5.34. The molecule has 0 saturated carbocycles. The van der Waals surface area contributed by atoms with Crippen molar-refractivity contribution in [1.29, 1.82) is 0 Å². The Kier molecular flexibility index (Phi) is 5.83. The van der Waals surface area contributed by atoms with Gasteiger partial charge in [0.1, 0.15) is 0 Å². The van der Waals surface area contributed by atoms with E-state index in [9.17, 15) is 9.90 Å². The van der Waals surface area contributed by atoms with Crippen LogP contribution in [0.1, 0.15) is 38.9 Å². The molecule has 1 aromatic rings. The van der Waals surface area contributed by atoms with Crippen molar-refractivity contribution in [3.05, 3.63) is 29.8 Å². The van der Waals surface area contributed by atoms with Gasteiger partial charge in [0.15, 0.2) is 0 Å². The summed E-state index contributed by atoms with van der Waals surface area (Å²) in [5.74, 6) is 0.578. The molecule has 0 radical (unpaired) electrons. The van der Waals surface area contributed by atoms with E-state index in [1.165, 1.54) is 0 Å². The minimum absolute atomic E-state index is 0.122. The molecular formula is C15H24N2O2. The molecule has 1 unspecified atom stereocenters. The van der Waals surface area contributed by atoms with E-state index in [-0.39, 0.29) is 6.03 Å². The largest absolute Gasteiger partial charge is 0.389 e. The molecule has 0 aliphatic carbocycles. The highest BCUT2D eigenvalue weighted by atomic mass is 16.3. The van der Waals surface area contributed by atoms with Gasteiger partial charge in [0.05, 0.1) is 6.10 Å². The van der Waals surface area contributed by atoms with Crippen molar-refractivity contribution in [3.63, 3.8) is 0 Å². The molecule has 1 atom stereocenters. The van der Waals surface area contributed by atoms with Crippen molar-refractivity contribution >= 4 is 11.7 Å². The number of nitrogens with one attached hydrogen (secondary N) is 1. The molecule has 0 aliphatic heterocycles. The van der Waals surface area contributed by atoms with Gasteiger partial charge in [-0.25, -0.2) is 4.79 Å². The lowest BCUT2D eigenvalue weighted by molar-refractivity contribution is 0.199. The number of benzene rings is 1. The summed E-state index contributed by atoms with van der Waals surface area (Å²) in [4.78, 5) is 13.6. The average molecular weight is 264 g/mol. The van der Waals surface area contributed by atoms with Gasteiger partial charge in [-0.2, -0.15) is 0 Å². The number of urea groups is 1. The summed E-state index contributed by atoms with van der Waals surface area (Å²) in [6.45, 7) is 6.71. The zero-order chi connectivity index (χ0) is 14.4.